The van der Waals surface area contributed by atoms with Crippen LogP contribution >= 0.6 is 15.9 Å². The van der Waals surface area contributed by atoms with Crippen molar-refractivity contribution in [3.8, 4) is 0 Å². The molecule has 1 aromatic rings. The van der Waals surface area contributed by atoms with Crippen LogP contribution in [0.3, 0.4) is 0 Å². The molecule has 0 bridgehead atoms. The lowest BCUT2D eigenvalue weighted by molar-refractivity contribution is -0.120. The largest absolute Gasteiger partial charge is 0.376 e. The average Bonchev–Trinajstić information content (AvgIpc) is 2.39. The smallest absolute Gasteiger partial charge is 0.239 e. The van der Waals surface area contributed by atoms with Crippen LogP contribution in [0.4, 0.5) is 5.69 Å². The van der Waals surface area contributed by atoms with E-state index in [-0.39, 0.29) is 11.9 Å². The molecule has 1 aromatic carbocycles. The minimum atomic E-state index is 0.0481. The Labute approximate surface area is 124 Å². The third-order valence-electron chi connectivity index (χ3n) is 3.24. The van der Waals surface area contributed by atoms with Gasteiger partial charge < -0.3 is 10.6 Å². The number of benzene rings is 1. The quantitative estimate of drug-likeness (QED) is 0.835. The number of carbonyl (C=O) groups is 1. The fourth-order valence-corrected chi connectivity index (χ4v) is 2.23. The Morgan fingerprint density at radius 1 is 1.21 bits per heavy atom. The van der Waals surface area contributed by atoms with Crippen LogP contribution in [0, 0.1) is 13.8 Å². The fraction of sp³-hybridized carbons (Fsp3) is 0.533. The highest BCUT2D eigenvalue weighted by Gasteiger charge is 2.08. The predicted octanol–water partition coefficient (Wildman–Crippen LogP) is 3.78. The zero-order chi connectivity index (χ0) is 14.4. The second kappa shape index (κ2) is 7.53. The van der Waals surface area contributed by atoms with Crippen LogP contribution in [-0.2, 0) is 4.79 Å². The third kappa shape index (κ3) is 4.86. The van der Waals surface area contributed by atoms with Crippen LogP contribution in [0.25, 0.3) is 0 Å². The molecule has 0 fully saturated rings. The summed E-state index contributed by atoms with van der Waals surface area (Å²) in [7, 11) is 0. The van der Waals surface area contributed by atoms with E-state index < -0.39 is 0 Å². The van der Waals surface area contributed by atoms with E-state index in [2.05, 4.69) is 40.4 Å². The zero-order valence-corrected chi connectivity index (χ0v) is 13.7. The van der Waals surface area contributed by atoms with Crippen molar-refractivity contribution in [1.29, 1.82) is 0 Å². The van der Waals surface area contributed by atoms with Crippen molar-refractivity contribution in [3.05, 3.63) is 27.7 Å². The van der Waals surface area contributed by atoms with Gasteiger partial charge in [-0.05, 0) is 49.9 Å². The van der Waals surface area contributed by atoms with Crippen LogP contribution < -0.4 is 10.6 Å². The number of aryl methyl sites for hydroxylation is 2. The molecule has 0 spiro atoms. The summed E-state index contributed by atoms with van der Waals surface area (Å²) in [6, 6.07) is 4.37. The third-order valence-corrected chi connectivity index (χ3v) is 4.49. The highest BCUT2D eigenvalue weighted by molar-refractivity contribution is 9.10. The van der Waals surface area contributed by atoms with Crippen molar-refractivity contribution in [2.45, 2.75) is 46.6 Å². The summed E-state index contributed by atoms with van der Waals surface area (Å²) in [6.07, 6.45) is 1.94. The Kier molecular flexibility index (Phi) is 6.35. The van der Waals surface area contributed by atoms with Gasteiger partial charge in [0, 0.05) is 16.2 Å². The van der Waals surface area contributed by atoms with Crippen molar-refractivity contribution in [2.24, 2.45) is 0 Å². The van der Waals surface area contributed by atoms with Gasteiger partial charge in [-0.15, -0.1) is 0 Å². The Hall–Kier alpha value is -1.03. The average molecular weight is 327 g/mol. The Morgan fingerprint density at radius 3 is 2.21 bits per heavy atom. The van der Waals surface area contributed by atoms with Crippen LogP contribution in [0.15, 0.2) is 16.6 Å². The summed E-state index contributed by atoms with van der Waals surface area (Å²) in [4.78, 5) is 11.8. The second-order valence-electron chi connectivity index (χ2n) is 4.86. The molecule has 19 heavy (non-hydrogen) atoms. The molecular formula is C15H23BrN2O. The number of carbonyl (C=O) groups excluding carboxylic acids is 1. The van der Waals surface area contributed by atoms with Gasteiger partial charge in [-0.1, -0.05) is 29.8 Å². The van der Waals surface area contributed by atoms with E-state index in [0.29, 0.717) is 6.54 Å². The Bertz CT molecular complexity index is 419. The molecule has 0 aromatic heterocycles. The number of hydrogen-bond acceptors (Lipinski definition) is 2. The van der Waals surface area contributed by atoms with Gasteiger partial charge in [0.25, 0.3) is 0 Å². The minimum Gasteiger partial charge on any atom is -0.376 e. The number of halogens is 1. The van der Waals surface area contributed by atoms with Gasteiger partial charge in [0.1, 0.15) is 0 Å². The van der Waals surface area contributed by atoms with Crippen LogP contribution in [-0.4, -0.2) is 18.5 Å². The summed E-state index contributed by atoms with van der Waals surface area (Å²) < 4.78 is 1.12. The lowest BCUT2D eigenvalue weighted by Gasteiger charge is -2.16. The molecule has 2 N–H and O–H groups in total. The van der Waals surface area contributed by atoms with Gasteiger partial charge in [-0.2, -0.15) is 0 Å². The number of hydrogen-bond donors (Lipinski definition) is 2. The molecular weight excluding hydrogens is 304 g/mol. The molecule has 1 rings (SSSR count). The molecule has 0 atom stereocenters. The topological polar surface area (TPSA) is 41.1 Å². The van der Waals surface area contributed by atoms with Crippen LogP contribution in [0.2, 0.25) is 0 Å². The van der Waals surface area contributed by atoms with Gasteiger partial charge in [0.15, 0.2) is 0 Å². The van der Waals surface area contributed by atoms with Crippen molar-refractivity contribution in [2.75, 3.05) is 11.9 Å². The lowest BCUT2D eigenvalue weighted by atomic mass is 10.1. The summed E-state index contributed by atoms with van der Waals surface area (Å²) >= 11 is 3.54. The highest BCUT2D eigenvalue weighted by atomic mass is 79.9. The Balaban J connectivity index is 2.55. The molecule has 0 saturated carbocycles. The van der Waals surface area contributed by atoms with Crippen molar-refractivity contribution in [1.82, 2.24) is 5.32 Å². The summed E-state index contributed by atoms with van der Waals surface area (Å²) in [5.74, 6) is 0.0481. The Morgan fingerprint density at radius 2 is 1.74 bits per heavy atom. The molecule has 0 heterocycles. The molecule has 0 aliphatic rings. The van der Waals surface area contributed by atoms with Crippen LogP contribution in [0.1, 0.15) is 37.8 Å². The van der Waals surface area contributed by atoms with Crippen molar-refractivity contribution < 1.29 is 4.79 Å². The van der Waals surface area contributed by atoms with E-state index in [1.807, 2.05) is 26.0 Å². The molecule has 0 aliphatic carbocycles. The maximum atomic E-state index is 11.8. The normalized spacial score (nSPS) is 10.6. The van der Waals surface area contributed by atoms with Crippen LogP contribution in [0.5, 0.6) is 0 Å². The van der Waals surface area contributed by atoms with E-state index in [9.17, 15) is 4.79 Å². The SMILES string of the molecule is CCC(CC)NC(=O)CNc1cc(C)c(Br)c(C)c1. The predicted molar refractivity (Wildman–Crippen MR) is 84.6 cm³/mol. The summed E-state index contributed by atoms with van der Waals surface area (Å²) in [6.45, 7) is 8.59. The first-order valence-electron chi connectivity index (χ1n) is 6.77. The van der Waals surface area contributed by atoms with E-state index in [0.717, 1.165) is 23.0 Å². The monoisotopic (exact) mass is 326 g/mol. The van der Waals surface area contributed by atoms with E-state index in [4.69, 9.17) is 0 Å². The molecule has 0 saturated heterocycles. The van der Waals surface area contributed by atoms with E-state index in [1.165, 1.54) is 11.1 Å². The van der Waals surface area contributed by atoms with Gasteiger partial charge in [-0.3, -0.25) is 4.79 Å². The van der Waals surface area contributed by atoms with Gasteiger partial charge in [0.2, 0.25) is 5.91 Å². The van der Waals surface area contributed by atoms with Gasteiger partial charge >= 0.3 is 0 Å². The number of nitrogens with one attached hydrogen (secondary N) is 2. The van der Waals surface area contributed by atoms with E-state index >= 15 is 0 Å². The molecule has 3 nitrogen and oxygen atoms in total. The van der Waals surface area contributed by atoms with Crippen molar-refractivity contribution >= 4 is 27.5 Å². The number of amides is 1. The zero-order valence-electron chi connectivity index (χ0n) is 12.1. The standard InChI is InChI=1S/C15H23BrN2O/c1-5-12(6-2)18-14(19)9-17-13-7-10(3)15(16)11(4)8-13/h7-8,12,17H,5-6,9H2,1-4H3,(H,18,19). The summed E-state index contributed by atoms with van der Waals surface area (Å²) in [5.41, 5.74) is 3.32. The molecule has 0 unspecified atom stereocenters. The molecule has 106 valence electrons. The van der Waals surface area contributed by atoms with Gasteiger partial charge in [0.05, 0.1) is 6.54 Å². The number of anilines is 1. The van der Waals surface area contributed by atoms with Gasteiger partial charge in [-0.25, -0.2) is 0 Å². The first-order chi connectivity index (χ1) is 8.97. The maximum Gasteiger partial charge on any atom is 0.239 e. The second-order valence-corrected chi connectivity index (χ2v) is 5.65. The molecule has 1 amide bonds. The van der Waals surface area contributed by atoms with E-state index in [1.54, 1.807) is 0 Å². The number of rotatable bonds is 6. The fourth-order valence-electron chi connectivity index (χ4n) is 2.00. The first kappa shape index (κ1) is 16.0. The summed E-state index contributed by atoms with van der Waals surface area (Å²) in [5, 5.41) is 6.19. The minimum absolute atomic E-state index is 0.0481. The molecule has 4 heteroatoms. The van der Waals surface area contributed by atoms with Crippen molar-refractivity contribution in [3.63, 3.8) is 0 Å². The lowest BCUT2D eigenvalue weighted by Crippen LogP contribution is -2.37. The highest BCUT2D eigenvalue weighted by Crippen LogP contribution is 2.24. The first-order valence-corrected chi connectivity index (χ1v) is 7.57. The molecule has 0 radical (unpaired) electrons. The molecule has 0 aliphatic heterocycles. The maximum absolute atomic E-state index is 11.8.